The Morgan fingerprint density at radius 1 is 1.22 bits per heavy atom. The molecule has 2 aliphatic rings. The molecule has 0 spiro atoms. The van der Waals surface area contributed by atoms with Gasteiger partial charge in [-0.2, -0.15) is 0 Å². The molecule has 2 aromatic rings. The number of thiocarbonyl (C=S) groups is 1. The van der Waals surface area contributed by atoms with Gasteiger partial charge in [0.1, 0.15) is 0 Å². The van der Waals surface area contributed by atoms with E-state index in [0.29, 0.717) is 5.92 Å². The molecule has 0 aliphatic carbocycles. The quantitative estimate of drug-likeness (QED) is 0.319. The molecule has 0 bridgehead atoms. The Labute approximate surface area is 181 Å². The lowest BCUT2D eigenvalue weighted by atomic mass is 9.87. The van der Waals surface area contributed by atoms with Crippen LogP contribution in [0.15, 0.2) is 54.1 Å². The van der Waals surface area contributed by atoms with Crippen molar-refractivity contribution in [1.82, 2.24) is 4.90 Å². The van der Waals surface area contributed by atoms with E-state index in [1.165, 1.54) is 38.1 Å². The highest BCUT2D eigenvalue weighted by Gasteiger charge is 2.32. The average molecular weight is 488 g/mol. The molecule has 0 radical (unpaired) electrons. The van der Waals surface area contributed by atoms with Crippen molar-refractivity contribution in [2.24, 2.45) is 5.92 Å². The molecule has 4 heteroatoms. The van der Waals surface area contributed by atoms with Gasteiger partial charge in [-0.3, -0.25) is 4.90 Å². The van der Waals surface area contributed by atoms with Crippen LogP contribution in [0.1, 0.15) is 31.7 Å². The van der Waals surface area contributed by atoms with Crippen LogP contribution in [0, 0.1) is 9.49 Å². The van der Waals surface area contributed by atoms with Gasteiger partial charge >= 0.3 is 0 Å². The van der Waals surface area contributed by atoms with Gasteiger partial charge in [-0.15, -0.1) is 0 Å². The highest BCUT2D eigenvalue weighted by atomic mass is 127. The Balaban J connectivity index is 1.64. The molecule has 2 aliphatic heterocycles. The van der Waals surface area contributed by atoms with Crippen LogP contribution in [0.3, 0.4) is 0 Å². The summed E-state index contributed by atoms with van der Waals surface area (Å²) < 4.78 is 1.28. The Bertz CT molecular complexity index is 903. The lowest BCUT2D eigenvalue weighted by Crippen LogP contribution is -2.33. The monoisotopic (exact) mass is 488 g/mol. The first-order valence-electron chi connectivity index (χ1n) is 9.64. The lowest BCUT2D eigenvalue weighted by molar-refractivity contribution is 0.260. The predicted molar refractivity (Wildman–Crippen MR) is 128 cm³/mol. The first-order chi connectivity index (χ1) is 13.0. The van der Waals surface area contributed by atoms with Crippen molar-refractivity contribution >= 4 is 45.5 Å². The summed E-state index contributed by atoms with van der Waals surface area (Å²) in [4.78, 5) is 3.50. The molecule has 27 heavy (non-hydrogen) atoms. The fourth-order valence-electron chi connectivity index (χ4n) is 4.16. The van der Waals surface area contributed by atoms with E-state index in [0.717, 1.165) is 24.5 Å². The normalized spacial score (nSPS) is 19.8. The highest BCUT2D eigenvalue weighted by Crippen LogP contribution is 2.42. The SMILES string of the molecule is CC(C)CN1CC=C(C2C(=S)Nc3ccc(-c4ccccc4I)cc32)CC1. The van der Waals surface area contributed by atoms with Crippen LogP contribution in [-0.4, -0.2) is 29.5 Å². The highest BCUT2D eigenvalue weighted by molar-refractivity contribution is 14.1. The van der Waals surface area contributed by atoms with Crippen LogP contribution in [0.5, 0.6) is 0 Å². The van der Waals surface area contributed by atoms with Crippen LogP contribution in [0.25, 0.3) is 11.1 Å². The number of anilines is 1. The van der Waals surface area contributed by atoms with Gasteiger partial charge < -0.3 is 5.32 Å². The maximum Gasteiger partial charge on any atom is 0.0915 e. The minimum absolute atomic E-state index is 0.234. The summed E-state index contributed by atoms with van der Waals surface area (Å²) in [7, 11) is 0. The molecule has 0 saturated carbocycles. The van der Waals surface area contributed by atoms with Gasteiger partial charge in [0.25, 0.3) is 0 Å². The number of nitrogens with zero attached hydrogens (tertiary/aromatic N) is 1. The zero-order valence-electron chi connectivity index (χ0n) is 15.8. The van der Waals surface area contributed by atoms with Gasteiger partial charge in [0.2, 0.25) is 0 Å². The van der Waals surface area contributed by atoms with Crippen LogP contribution in [0.4, 0.5) is 5.69 Å². The number of nitrogens with one attached hydrogen (secondary N) is 1. The Morgan fingerprint density at radius 3 is 2.74 bits per heavy atom. The predicted octanol–water partition coefficient (Wildman–Crippen LogP) is 6.08. The molecule has 0 aromatic heterocycles. The average Bonchev–Trinajstić information content (AvgIpc) is 2.97. The third-order valence-corrected chi connectivity index (χ3v) is 6.67. The summed E-state index contributed by atoms with van der Waals surface area (Å²) >= 11 is 8.16. The summed E-state index contributed by atoms with van der Waals surface area (Å²) in [6.07, 6.45) is 3.52. The standard InChI is InChI=1S/C23H25IN2S/c1-15(2)14-26-11-9-16(10-12-26)22-19-13-17(7-8-21(19)25-23(22)27)18-5-3-4-6-20(18)24/h3-9,13,15,22H,10-12,14H2,1-2H3,(H,25,27). The molecular formula is C23H25IN2S. The molecule has 0 fully saturated rings. The first-order valence-corrected chi connectivity index (χ1v) is 11.1. The minimum atomic E-state index is 0.234. The van der Waals surface area contributed by atoms with Crippen LogP contribution < -0.4 is 5.32 Å². The number of rotatable bonds is 4. The van der Waals surface area contributed by atoms with Gasteiger partial charge in [-0.05, 0) is 69.8 Å². The summed E-state index contributed by atoms with van der Waals surface area (Å²) in [5.74, 6) is 0.948. The number of benzene rings is 2. The van der Waals surface area contributed by atoms with Crippen molar-refractivity contribution in [1.29, 1.82) is 0 Å². The smallest absolute Gasteiger partial charge is 0.0915 e. The zero-order valence-corrected chi connectivity index (χ0v) is 18.8. The fourth-order valence-corrected chi connectivity index (χ4v) is 5.25. The third-order valence-electron chi connectivity index (χ3n) is 5.39. The molecule has 140 valence electrons. The maximum atomic E-state index is 5.74. The Morgan fingerprint density at radius 2 is 2.04 bits per heavy atom. The minimum Gasteiger partial charge on any atom is -0.349 e. The molecule has 2 nitrogen and oxygen atoms in total. The van der Waals surface area contributed by atoms with Gasteiger partial charge in [0.15, 0.2) is 0 Å². The van der Waals surface area contributed by atoms with Crippen molar-refractivity contribution in [2.45, 2.75) is 26.2 Å². The van der Waals surface area contributed by atoms with E-state index in [2.05, 4.69) is 95.2 Å². The van der Waals surface area contributed by atoms with Gasteiger partial charge in [0, 0.05) is 28.9 Å². The Hall–Kier alpha value is -1.24. The number of hydrogen-bond acceptors (Lipinski definition) is 2. The molecule has 1 atom stereocenters. The number of fused-ring (bicyclic) bond motifs is 1. The molecule has 2 heterocycles. The van der Waals surface area contributed by atoms with E-state index in [1.807, 2.05) is 0 Å². The second kappa shape index (κ2) is 8.02. The molecule has 1 unspecified atom stereocenters. The van der Waals surface area contributed by atoms with Crippen molar-refractivity contribution in [3.8, 4) is 11.1 Å². The summed E-state index contributed by atoms with van der Waals surface area (Å²) in [6, 6.07) is 15.3. The van der Waals surface area contributed by atoms with Crippen molar-refractivity contribution in [3.05, 3.63) is 63.2 Å². The molecule has 0 saturated heterocycles. The van der Waals surface area contributed by atoms with E-state index in [4.69, 9.17) is 12.2 Å². The van der Waals surface area contributed by atoms with E-state index >= 15 is 0 Å². The van der Waals surface area contributed by atoms with E-state index in [-0.39, 0.29) is 5.92 Å². The van der Waals surface area contributed by atoms with Crippen molar-refractivity contribution in [3.63, 3.8) is 0 Å². The molecular weight excluding hydrogens is 463 g/mol. The van der Waals surface area contributed by atoms with E-state index in [9.17, 15) is 0 Å². The summed E-state index contributed by atoms with van der Waals surface area (Å²) in [5, 5.41) is 3.46. The van der Waals surface area contributed by atoms with E-state index in [1.54, 1.807) is 0 Å². The van der Waals surface area contributed by atoms with Crippen molar-refractivity contribution < 1.29 is 0 Å². The van der Waals surface area contributed by atoms with E-state index < -0.39 is 0 Å². The second-order valence-electron chi connectivity index (χ2n) is 7.89. The Kier molecular flexibility index (Phi) is 5.67. The third kappa shape index (κ3) is 3.98. The largest absolute Gasteiger partial charge is 0.349 e. The second-order valence-corrected chi connectivity index (χ2v) is 9.49. The number of halogens is 1. The molecule has 1 N–H and O–H groups in total. The summed E-state index contributed by atoms with van der Waals surface area (Å²) in [6.45, 7) is 7.92. The zero-order chi connectivity index (χ0) is 19.0. The van der Waals surface area contributed by atoms with Gasteiger partial charge in [-0.25, -0.2) is 0 Å². The molecule has 4 rings (SSSR count). The molecule has 2 aromatic carbocycles. The van der Waals surface area contributed by atoms with Crippen LogP contribution in [-0.2, 0) is 0 Å². The topological polar surface area (TPSA) is 15.3 Å². The summed E-state index contributed by atoms with van der Waals surface area (Å²) in [5.41, 5.74) is 6.54. The first kappa shape index (κ1) is 19.1. The molecule has 0 amide bonds. The van der Waals surface area contributed by atoms with Gasteiger partial charge in [-0.1, -0.05) is 62.0 Å². The van der Waals surface area contributed by atoms with Crippen LogP contribution >= 0.6 is 34.8 Å². The van der Waals surface area contributed by atoms with Gasteiger partial charge in [0.05, 0.1) is 10.9 Å². The maximum absolute atomic E-state index is 5.74. The van der Waals surface area contributed by atoms with Crippen LogP contribution in [0.2, 0.25) is 0 Å². The number of hydrogen-bond donors (Lipinski definition) is 1. The van der Waals surface area contributed by atoms with Crippen molar-refractivity contribution in [2.75, 3.05) is 25.0 Å². The fraction of sp³-hybridized carbons (Fsp3) is 0.348. The lowest BCUT2D eigenvalue weighted by Gasteiger charge is -2.29.